The minimum atomic E-state index is -0.121. The van der Waals surface area contributed by atoms with Gasteiger partial charge < -0.3 is 10.1 Å². The molecular weight excluding hydrogens is 306 g/mol. The van der Waals surface area contributed by atoms with E-state index in [1.807, 2.05) is 25.5 Å². The van der Waals surface area contributed by atoms with Crippen molar-refractivity contribution in [2.24, 2.45) is 0 Å². The van der Waals surface area contributed by atoms with Gasteiger partial charge in [0.1, 0.15) is 11.6 Å². The number of rotatable bonds is 6. The quantitative estimate of drug-likeness (QED) is 0.841. The summed E-state index contributed by atoms with van der Waals surface area (Å²) in [5.74, 6) is 1.85. The summed E-state index contributed by atoms with van der Waals surface area (Å²) in [6, 6.07) is 0.220. The van der Waals surface area contributed by atoms with Crippen molar-refractivity contribution < 1.29 is 9.53 Å². The first-order valence-electron chi connectivity index (χ1n) is 9.07. The predicted molar refractivity (Wildman–Crippen MR) is 90.7 cm³/mol. The number of carbonyl (C=O) groups excluding carboxylic acids is 1. The molecular formula is C17H29N5O2. The van der Waals surface area contributed by atoms with Crippen LogP contribution in [0.4, 0.5) is 0 Å². The highest BCUT2D eigenvalue weighted by atomic mass is 16.5. The van der Waals surface area contributed by atoms with Gasteiger partial charge in [0, 0.05) is 19.2 Å². The number of aryl methyl sites for hydroxylation is 2. The van der Waals surface area contributed by atoms with Crippen LogP contribution in [0.15, 0.2) is 0 Å². The van der Waals surface area contributed by atoms with Crippen LogP contribution in [-0.2, 0) is 16.1 Å². The van der Waals surface area contributed by atoms with Gasteiger partial charge >= 0.3 is 0 Å². The van der Waals surface area contributed by atoms with Gasteiger partial charge in [-0.3, -0.25) is 9.69 Å². The summed E-state index contributed by atoms with van der Waals surface area (Å²) in [5, 5.41) is 7.52. The lowest BCUT2D eigenvalue weighted by Gasteiger charge is -2.30. The van der Waals surface area contributed by atoms with Crippen LogP contribution in [0.5, 0.6) is 0 Å². The highest BCUT2D eigenvalue weighted by Crippen LogP contribution is 2.22. The molecule has 1 aromatic rings. The van der Waals surface area contributed by atoms with Crippen LogP contribution in [0.1, 0.15) is 44.3 Å². The van der Waals surface area contributed by atoms with Gasteiger partial charge in [0.15, 0.2) is 0 Å². The van der Waals surface area contributed by atoms with E-state index in [1.165, 1.54) is 0 Å². The Bertz CT molecular complexity index is 567. The SMILES string of the molecule is Cc1nc(C)n(C[C@@H]2CCCN2[C@H](C)C(=O)NC[C@H]2CCCO2)n1. The maximum Gasteiger partial charge on any atom is 0.237 e. The van der Waals surface area contributed by atoms with Crippen molar-refractivity contribution in [2.45, 2.75) is 71.2 Å². The van der Waals surface area contributed by atoms with Gasteiger partial charge in [-0.15, -0.1) is 0 Å². The predicted octanol–water partition coefficient (Wildman–Crippen LogP) is 1.04. The van der Waals surface area contributed by atoms with Crippen molar-refractivity contribution in [3.63, 3.8) is 0 Å². The zero-order valence-corrected chi connectivity index (χ0v) is 15.0. The van der Waals surface area contributed by atoms with Crippen molar-refractivity contribution >= 4 is 5.91 Å². The van der Waals surface area contributed by atoms with E-state index in [9.17, 15) is 4.79 Å². The van der Waals surface area contributed by atoms with Crippen LogP contribution in [0.3, 0.4) is 0 Å². The normalized spacial score (nSPS) is 26.0. The Labute approximate surface area is 143 Å². The van der Waals surface area contributed by atoms with E-state index in [2.05, 4.69) is 20.3 Å². The monoisotopic (exact) mass is 335 g/mol. The molecule has 7 heteroatoms. The number of amides is 1. The molecule has 3 atom stereocenters. The summed E-state index contributed by atoms with van der Waals surface area (Å²) in [4.78, 5) is 19.2. The second-order valence-corrected chi connectivity index (χ2v) is 6.98. The Hall–Kier alpha value is -1.47. The first-order chi connectivity index (χ1) is 11.5. The first kappa shape index (κ1) is 17.4. The molecule has 0 radical (unpaired) electrons. The molecule has 3 rings (SSSR count). The molecule has 0 bridgehead atoms. The summed E-state index contributed by atoms with van der Waals surface area (Å²) in [5.41, 5.74) is 0. The molecule has 0 aliphatic carbocycles. The number of carbonyl (C=O) groups is 1. The van der Waals surface area contributed by atoms with Crippen molar-refractivity contribution in [2.75, 3.05) is 19.7 Å². The standard InChI is InChI=1S/C17H29N5O2/c1-12(17(23)18-10-16-7-5-9-24-16)21-8-4-6-15(21)11-22-14(3)19-13(2)20-22/h12,15-16H,4-11H2,1-3H3,(H,18,23)/t12-,15+,16-/m1/s1. The summed E-state index contributed by atoms with van der Waals surface area (Å²) in [7, 11) is 0. The highest BCUT2D eigenvalue weighted by Gasteiger charge is 2.33. The summed E-state index contributed by atoms with van der Waals surface area (Å²) >= 11 is 0. The fourth-order valence-electron chi connectivity index (χ4n) is 3.82. The Morgan fingerprint density at radius 2 is 2.21 bits per heavy atom. The summed E-state index contributed by atoms with van der Waals surface area (Å²) < 4.78 is 7.54. The average Bonchev–Trinajstić information content (AvgIpc) is 3.27. The molecule has 134 valence electrons. The van der Waals surface area contributed by atoms with Crippen molar-refractivity contribution in [3.8, 4) is 0 Å². The fourth-order valence-corrected chi connectivity index (χ4v) is 3.82. The average molecular weight is 335 g/mol. The smallest absolute Gasteiger partial charge is 0.237 e. The summed E-state index contributed by atoms with van der Waals surface area (Å²) in [6.07, 6.45) is 4.56. The molecule has 1 aromatic heterocycles. The largest absolute Gasteiger partial charge is 0.376 e. The maximum atomic E-state index is 12.5. The number of hydrogen-bond donors (Lipinski definition) is 1. The number of hydrogen-bond acceptors (Lipinski definition) is 5. The molecule has 0 aromatic carbocycles. The van der Waals surface area contributed by atoms with Crippen molar-refractivity contribution in [1.29, 1.82) is 0 Å². The molecule has 2 aliphatic rings. The van der Waals surface area contributed by atoms with Crippen molar-refractivity contribution in [3.05, 3.63) is 11.6 Å². The fraction of sp³-hybridized carbons (Fsp3) is 0.824. The van der Waals surface area contributed by atoms with Crippen LogP contribution < -0.4 is 5.32 Å². The van der Waals surface area contributed by atoms with E-state index in [-0.39, 0.29) is 18.1 Å². The highest BCUT2D eigenvalue weighted by molar-refractivity contribution is 5.81. The molecule has 0 unspecified atom stereocenters. The van der Waals surface area contributed by atoms with Gasteiger partial charge in [-0.25, -0.2) is 9.67 Å². The molecule has 1 N–H and O–H groups in total. The third kappa shape index (κ3) is 3.95. The van der Waals surface area contributed by atoms with E-state index in [4.69, 9.17) is 4.74 Å². The molecule has 2 fully saturated rings. The molecule has 2 saturated heterocycles. The zero-order valence-electron chi connectivity index (χ0n) is 15.0. The lowest BCUT2D eigenvalue weighted by molar-refractivity contribution is -0.126. The van der Waals surface area contributed by atoms with Gasteiger partial charge in [-0.2, -0.15) is 5.10 Å². The Balaban J connectivity index is 1.55. The third-order valence-corrected chi connectivity index (χ3v) is 5.17. The zero-order chi connectivity index (χ0) is 17.1. The van der Waals surface area contributed by atoms with Crippen LogP contribution in [0.25, 0.3) is 0 Å². The van der Waals surface area contributed by atoms with E-state index >= 15 is 0 Å². The number of nitrogens with zero attached hydrogens (tertiary/aromatic N) is 4. The van der Waals surface area contributed by atoms with E-state index in [1.54, 1.807) is 0 Å². The lowest BCUT2D eigenvalue weighted by atomic mass is 10.1. The van der Waals surface area contributed by atoms with E-state index in [0.717, 1.165) is 57.0 Å². The molecule has 0 spiro atoms. The number of aromatic nitrogens is 3. The molecule has 2 aliphatic heterocycles. The summed E-state index contributed by atoms with van der Waals surface area (Å²) in [6.45, 7) is 9.11. The molecule has 24 heavy (non-hydrogen) atoms. The minimum Gasteiger partial charge on any atom is -0.376 e. The van der Waals surface area contributed by atoms with Gasteiger partial charge in [0.05, 0.1) is 18.7 Å². The van der Waals surface area contributed by atoms with Crippen LogP contribution in [0, 0.1) is 13.8 Å². The van der Waals surface area contributed by atoms with E-state index in [0.29, 0.717) is 12.6 Å². The molecule has 3 heterocycles. The Kier molecular flexibility index (Phi) is 5.50. The third-order valence-electron chi connectivity index (χ3n) is 5.17. The first-order valence-corrected chi connectivity index (χ1v) is 9.07. The Morgan fingerprint density at radius 3 is 2.88 bits per heavy atom. The molecule has 7 nitrogen and oxygen atoms in total. The number of likely N-dealkylation sites (tertiary alicyclic amines) is 1. The van der Waals surface area contributed by atoms with Crippen LogP contribution >= 0.6 is 0 Å². The molecule has 0 saturated carbocycles. The van der Waals surface area contributed by atoms with Gasteiger partial charge in [0.2, 0.25) is 5.91 Å². The number of ether oxygens (including phenoxy) is 1. The second-order valence-electron chi connectivity index (χ2n) is 6.98. The maximum absolute atomic E-state index is 12.5. The van der Waals surface area contributed by atoms with Gasteiger partial charge in [-0.1, -0.05) is 0 Å². The lowest BCUT2D eigenvalue weighted by Crippen LogP contribution is -2.49. The number of nitrogens with one attached hydrogen (secondary N) is 1. The van der Waals surface area contributed by atoms with Gasteiger partial charge in [0.25, 0.3) is 0 Å². The van der Waals surface area contributed by atoms with Crippen LogP contribution in [-0.4, -0.2) is 63.5 Å². The minimum absolute atomic E-state index is 0.101. The topological polar surface area (TPSA) is 72.3 Å². The van der Waals surface area contributed by atoms with Crippen molar-refractivity contribution in [1.82, 2.24) is 25.0 Å². The van der Waals surface area contributed by atoms with Crippen LogP contribution in [0.2, 0.25) is 0 Å². The molecule has 1 amide bonds. The Morgan fingerprint density at radius 1 is 1.38 bits per heavy atom. The second kappa shape index (κ2) is 7.61. The van der Waals surface area contributed by atoms with Gasteiger partial charge in [-0.05, 0) is 53.0 Å². The van der Waals surface area contributed by atoms with E-state index < -0.39 is 0 Å².